The van der Waals surface area contributed by atoms with E-state index in [0.29, 0.717) is 18.0 Å². The Bertz CT molecular complexity index is 778. The Hall–Kier alpha value is -2.89. The normalized spacial score (nSPS) is 12.3. The summed E-state index contributed by atoms with van der Waals surface area (Å²) in [5.74, 6) is 0.639. The van der Waals surface area contributed by atoms with Gasteiger partial charge in [-0.1, -0.05) is 49.3 Å². The third-order valence-electron chi connectivity index (χ3n) is 3.79. The molecule has 0 aliphatic carbocycles. The van der Waals surface area contributed by atoms with Crippen LogP contribution in [0.25, 0.3) is 0 Å². The van der Waals surface area contributed by atoms with Crippen LogP contribution in [0.4, 0.5) is 0 Å². The molecular weight excluding hydrogens is 304 g/mol. The van der Waals surface area contributed by atoms with E-state index in [-0.39, 0.29) is 17.9 Å². The first-order chi connectivity index (χ1) is 11.6. The van der Waals surface area contributed by atoms with Gasteiger partial charge < -0.3 is 14.4 Å². The molecule has 6 nitrogen and oxygen atoms in total. The van der Waals surface area contributed by atoms with Crippen LogP contribution >= 0.6 is 0 Å². The van der Waals surface area contributed by atoms with E-state index in [2.05, 4.69) is 15.5 Å². The van der Waals surface area contributed by atoms with Gasteiger partial charge in [0.2, 0.25) is 0 Å². The van der Waals surface area contributed by atoms with Crippen LogP contribution in [0.5, 0.6) is 0 Å². The number of nitrogens with one attached hydrogen (secondary N) is 1. The SMILES string of the molecule is CC(C)c1cc(C(=O)NC(Cn2ccnc2)c2ccccc2)no1. The van der Waals surface area contributed by atoms with Crippen LogP contribution in [-0.2, 0) is 6.54 Å². The zero-order chi connectivity index (χ0) is 16.9. The van der Waals surface area contributed by atoms with Crippen molar-refractivity contribution in [3.05, 3.63) is 72.1 Å². The molecule has 0 aliphatic heterocycles. The Kier molecular flexibility index (Phi) is 4.74. The van der Waals surface area contributed by atoms with Crippen LogP contribution in [0.2, 0.25) is 0 Å². The molecule has 2 heterocycles. The van der Waals surface area contributed by atoms with Gasteiger partial charge in [0.1, 0.15) is 5.76 Å². The van der Waals surface area contributed by atoms with E-state index in [1.807, 2.05) is 54.9 Å². The fourth-order valence-corrected chi connectivity index (χ4v) is 2.43. The number of rotatable bonds is 6. The molecule has 1 N–H and O–H groups in total. The standard InChI is InChI=1S/C18H20N4O2/c1-13(2)17-10-15(21-24-17)18(23)20-16(11-22-9-8-19-12-22)14-6-4-3-5-7-14/h3-10,12-13,16H,11H2,1-2H3,(H,20,23). The van der Waals surface area contributed by atoms with Gasteiger partial charge in [-0.05, 0) is 5.56 Å². The highest BCUT2D eigenvalue weighted by molar-refractivity contribution is 5.92. The van der Waals surface area contributed by atoms with Crippen LogP contribution < -0.4 is 5.32 Å². The molecule has 3 rings (SSSR count). The number of carbonyl (C=O) groups excluding carboxylic acids is 1. The highest BCUT2D eigenvalue weighted by Gasteiger charge is 2.19. The first-order valence-electron chi connectivity index (χ1n) is 7.91. The quantitative estimate of drug-likeness (QED) is 0.756. The van der Waals surface area contributed by atoms with E-state index >= 15 is 0 Å². The van der Waals surface area contributed by atoms with Crippen LogP contribution in [-0.4, -0.2) is 20.6 Å². The zero-order valence-electron chi connectivity index (χ0n) is 13.7. The molecule has 0 spiro atoms. The first kappa shape index (κ1) is 16.0. The Morgan fingerprint density at radius 3 is 2.71 bits per heavy atom. The molecule has 1 unspecified atom stereocenters. The number of aromatic nitrogens is 3. The molecule has 1 amide bonds. The lowest BCUT2D eigenvalue weighted by molar-refractivity contribution is 0.0923. The smallest absolute Gasteiger partial charge is 0.274 e. The van der Waals surface area contributed by atoms with E-state index in [0.717, 1.165) is 5.56 Å². The van der Waals surface area contributed by atoms with Crippen molar-refractivity contribution >= 4 is 5.91 Å². The van der Waals surface area contributed by atoms with Crippen LogP contribution in [0.1, 0.15) is 47.6 Å². The van der Waals surface area contributed by atoms with Gasteiger partial charge in [-0.2, -0.15) is 0 Å². The van der Waals surface area contributed by atoms with Crippen LogP contribution in [0.15, 0.2) is 59.6 Å². The molecule has 0 aliphatic rings. The minimum absolute atomic E-state index is 0.188. The van der Waals surface area contributed by atoms with Gasteiger partial charge in [0.25, 0.3) is 5.91 Å². The zero-order valence-corrected chi connectivity index (χ0v) is 13.7. The topological polar surface area (TPSA) is 73.0 Å². The maximum Gasteiger partial charge on any atom is 0.274 e. The predicted octanol–water partition coefficient (Wildman–Crippen LogP) is 3.17. The van der Waals surface area contributed by atoms with E-state index < -0.39 is 0 Å². The number of amides is 1. The van der Waals surface area contributed by atoms with Crippen molar-refractivity contribution in [2.75, 3.05) is 0 Å². The minimum atomic E-state index is -0.250. The fourth-order valence-electron chi connectivity index (χ4n) is 2.43. The number of carbonyl (C=O) groups is 1. The number of imidazole rings is 1. The Labute approximate surface area is 140 Å². The second kappa shape index (κ2) is 7.12. The molecule has 0 radical (unpaired) electrons. The van der Waals surface area contributed by atoms with E-state index in [1.165, 1.54) is 0 Å². The second-order valence-corrected chi connectivity index (χ2v) is 5.97. The number of hydrogen-bond donors (Lipinski definition) is 1. The maximum absolute atomic E-state index is 12.5. The van der Waals surface area contributed by atoms with Crippen molar-refractivity contribution in [2.45, 2.75) is 32.4 Å². The highest BCUT2D eigenvalue weighted by atomic mass is 16.5. The summed E-state index contributed by atoms with van der Waals surface area (Å²) in [6.45, 7) is 4.58. The summed E-state index contributed by atoms with van der Waals surface area (Å²) in [6.07, 6.45) is 5.32. The van der Waals surface area contributed by atoms with Gasteiger partial charge in [0.15, 0.2) is 5.69 Å². The van der Waals surface area contributed by atoms with E-state index in [4.69, 9.17) is 4.52 Å². The third-order valence-corrected chi connectivity index (χ3v) is 3.79. The Morgan fingerprint density at radius 2 is 2.08 bits per heavy atom. The van der Waals surface area contributed by atoms with E-state index in [1.54, 1.807) is 18.6 Å². The van der Waals surface area contributed by atoms with Crippen molar-refractivity contribution in [3.63, 3.8) is 0 Å². The summed E-state index contributed by atoms with van der Waals surface area (Å²) in [7, 11) is 0. The monoisotopic (exact) mass is 324 g/mol. The Balaban J connectivity index is 1.79. The largest absolute Gasteiger partial charge is 0.360 e. The average Bonchev–Trinajstić information content (AvgIpc) is 3.26. The summed E-state index contributed by atoms with van der Waals surface area (Å²) in [6, 6.07) is 11.3. The molecule has 3 aromatic rings. The number of hydrogen-bond acceptors (Lipinski definition) is 4. The summed E-state index contributed by atoms with van der Waals surface area (Å²) >= 11 is 0. The molecule has 0 fully saturated rings. The van der Waals surface area contributed by atoms with Crippen LogP contribution in [0.3, 0.4) is 0 Å². The lowest BCUT2D eigenvalue weighted by Gasteiger charge is -2.19. The maximum atomic E-state index is 12.5. The number of nitrogens with zero attached hydrogens (tertiary/aromatic N) is 3. The van der Waals surface area contributed by atoms with Gasteiger partial charge in [-0.25, -0.2) is 4.98 Å². The van der Waals surface area contributed by atoms with Crippen molar-refractivity contribution in [1.82, 2.24) is 20.0 Å². The molecule has 0 saturated carbocycles. The molecule has 0 saturated heterocycles. The van der Waals surface area contributed by atoms with Crippen molar-refractivity contribution in [3.8, 4) is 0 Å². The molecule has 0 bridgehead atoms. The van der Waals surface area contributed by atoms with Gasteiger partial charge in [0.05, 0.1) is 12.4 Å². The molecule has 1 aromatic carbocycles. The number of benzene rings is 1. The molecule has 24 heavy (non-hydrogen) atoms. The summed E-state index contributed by atoms with van der Waals surface area (Å²) in [4.78, 5) is 16.6. The molecular formula is C18H20N4O2. The lowest BCUT2D eigenvalue weighted by atomic mass is 10.1. The van der Waals surface area contributed by atoms with Gasteiger partial charge in [-0.15, -0.1) is 0 Å². The lowest BCUT2D eigenvalue weighted by Crippen LogP contribution is -2.31. The molecule has 2 aromatic heterocycles. The summed E-state index contributed by atoms with van der Waals surface area (Å²) in [5.41, 5.74) is 1.32. The third kappa shape index (κ3) is 3.71. The predicted molar refractivity (Wildman–Crippen MR) is 89.5 cm³/mol. The van der Waals surface area contributed by atoms with Gasteiger partial charge in [-0.3, -0.25) is 4.79 Å². The van der Waals surface area contributed by atoms with E-state index in [9.17, 15) is 4.79 Å². The van der Waals surface area contributed by atoms with Gasteiger partial charge in [0, 0.05) is 30.9 Å². The second-order valence-electron chi connectivity index (χ2n) is 5.97. The fraction of sp³-hybridized carbons (Fsp3) is 0.278. The average molecular weight is 324 g/mol. The van der Waals surface area contributed by atoms with Crippen molar-refractivity contribution in [2.24, 2.45) is 0 Å². The van der Waals surface area contributed by atoms with Crippen LogP contribution in [0, 0.1) is 0 Å². The summed E-state index contributed by atoms with van der Waals surface area (Å²) < 4.78 is 7.15. The van der Waals surface area contributed by atoms with Gasteiger partial charge >= 0.3 is 0 Å². The van der Waals surface area contributed by atoms with Crippen molar-refractivity contribution in [1.29, 1.82) is 0 Å². The first-order valence-corrected chi connectivity index (χ1v) is 7.91. The minimum Gasteiger partial charge on any atom is -0.360 e. The molecule has 124 valence electrons. The summed E-state index contributed by atoms with van der Waals surface area (Å²) in [5, 5.41) is 6.91. The van der Waals surface area contributed by atoms with Crippen molar-refractivity contribution < 1.29 is 9.32 Å². The highest BCUT2D eigenvalue weighted by Crippen LogP contribution is 2.18. The molecule has 1 atom stereocenters. The molecule has 6 heteroatoms. The Morgan fingerprint density at radius 1 is 1.29 bits per heavy atom.